The molecule has 0 aromatic heterocycles. The zero-order valence-corrected chi connectivity index (χ0v) is 14.4. The first-order valence-corrected chi connectivity index (χ1v) is 8.78. The van der Waals surface area contributed by atoms with Gasteiger partial charge < -0.3 is 9.84 Å². The Hall–Kier alpha value is -1.09. The second-order valence-corrected chi connectivity index (χ2v) is 5.72. The van der Waals surface area contributed by atoms with Gasteiger partial charge >= 0.3 is 5.97 Å². The third-order valence-electron chi connectivity index (χ3n) is 3.71. The molecule has 0 radical (unpaired) electrons. The molecule has 1 unspecified atom stereocenters. The van der Waals surface area contributed by atoms with E-state index in [9.17, 15) is 4.79 Å². The van der Waals surface area contributed by atoms with Crippen LogP contribution in [0.15, 0.2) is 24.3 Å². The molecule has 3 heteroatoms. The molecule has 3 nitrogen and oxygen atoms in total. The van der Waals surface area contributed by atoms with Crippen molar-refractivity contribution in [1.82, 2.24) is 0 Å². The Bertz CT molecular complexity index is 308. The fourth-order valence-corrected chi connectivity index (χ4v) is 2.30. The highest BCUT2D eigenvalue weighted by atomic mass is 16.5. The average molecular weight is 310 g/mol. The second kappa shape index (κ2) is 16.3. The lowest BCUT2D eigenvalue weighted by Crippen LogP contribution is -2.21. The Morgan fingerprint density at radius 3 is 2.05 bits per heavy atom. The van der Waals surface area contributed by atoms with Crippen molar-refractivity contribution in [2.24, 2.45) is 0 Å². The van der Waals surface area contributed by atoms with Gasteiger partial charge in [-0.15, -0.1) is 0 Å². The van der Waals surface area contributed by atoms with Crippen molar-refractivity contribution in [1.29, 1.82) is 0 Å². The maximum absolute atomic E-state index is 10.7. The first-order valence-electron chi connectivity index (χ1n) is 8.78. The van der Waals surface area contributed by atoms with Crippen molar-refractivity contribution >= 4 is 5.97 Å². The SMILES string of the molecule is CCCCCCCCC=CCCC=CCCC(OC)C(=O)O. The van der Waals surface area contributed by atoms with Crippen LogP contribution in [0, 0.1) is 0 Å². The van der Waals surface area contributed by atoms with Crippen molar-refractivity contribution in [2.75, 3.05) is 7.11 Å². The first kappa shape index (κ1) is 20.9. The molecule has 0 aliphatic heterocycles. The van der Waals surface area contributed by atoms with Crippen molar-refractivity contribution in [3.05, 3.63) is 24.3 Å². The first-order chi connectivity index (χ1) is 10.7. The monoisotopic (exact) mass is 310 g/mol. The van der Waals surface area contributed by atoms with Gasteiger partial charge in [0.1, 0.15) is 0 Å². The zero-order valence-electron chi connectivity index (χ0n) is 14.4. The van der Waals surface area contributed by atoms with Crippen LogP contribution in [0.3, 0.4) is 0 Å². The van der Waals surface area contributed by atoms with Gasteiger partial charge in [0, 0.05) is 7.11 Å². The van der Waals surface area contributed by atoms with Gasteiger partial charge in [0.25, 0.3) is 0 Å². The van der Waals surface area contributed by atoms with E-state index in [0.29, 0.717) is 6.42 Å². The molecule has 0 aromatic carbocycles. The number of carboxylic acid groups (broad SMARTS) is 1. The Balaban J connectivity index is 3.39. The number of methoxy groups -OCH3 is 1. The van der Waals surface area contributed by atoms with Gasteiger partial charge in [0.2, 0.25) is 0 Å². The third kappa shape index (κ3) is 13.9. The molecule has 22 heavy (non-hydrogen) atoms. The summed E-state index contributed by atoms with van der Waals surface area (Å²) in [7, 11) is 1.44. The maximum atomic E-state index is 10.7. The van der Waals surface area contributed by atoms with E-state index in [1.807, 2.05) is 0 Å². The van der Waals surface area contributed by atoms with Crippen LogP contribution in [0.25, 0.3) is 0 Å². The summed E-state index contributed by atoms with van der Waals surface area (Å²) in [6, 6.07) is 0. The van der Waals surface area contributed by atoms with Crippen molar-refractivity contribution < 1.29 is 14.6 Å². The summed E-state index contributed by atoms with van der Waals surface area (Å²) < 4.78 is 4.88. The number of allylic oxidation sites excluding steroid dienone is 4. The second-order valence-electron chi connectivity index (χ2n) is 5.72. The fourth-order valence-electron chi connectivity index (χ4n) is 2.30. The van der Waals surface area contributed by atoms with Gasteiger partial charge in [-0.1, -0.05) is 63.3 Å². The minimum absolute atomic E-state index is 0.538. The normalized spacial score (nSPS) is 13.2. The molecule has 0 aliphatic carbocycles. The van der Waals surface area contributed by atoms with E-state index in [-0.39, 0.29) is 0 Å². The van der Waals surface area contributed by atoms with Crippen molar-refractivity contribution in [3.63, 3.8) is 0 Å². The molecule has 0 aliphatic rings. The molecule has 0 saturated heterocycles. The molecule has 0 rings (SSSR count). The molecule has 0 fully saturated rings. The largest absolute Gasteiger partial charge is 0.479 e. The molecular formula is C19H34O3. The summed E-state index contributed by atoms with van der Waals surface area (Å²) in [6.45, 7) is 2.25. The maximum Gasteiger partial charge on any atom is 0.332 e. The summed E-state index contributed by atoms with van der Waals surface area (Å²) >= 11 is 0. The Kier molecular flexibility index (Phi) is 15.5. The van der Waals surface area contributed by atoms with E-state index < -0.39 is 12.1 Å². The van der Waals surface area contributed by atoms with Crippen LogP contribution in [0.4, 0.5) is 0 Å². The van der Waals surface area contributed by atoms with Crippen LogP contribution in [-0.2, 0) is 9.53 Å². The molecule has 0 saturated carbocycles. The molecular weight excluding hydrogens is 276 g/mol. The third-order valence-corrected chi connectivity index (χ3v) is 3.71. The summed E-state index contributed by atoms with van der Waals surface area (Å²) in [4.78, 5) is 10.7. The molecule has 0 spiro atoms. The highest BCUT2D eigenvalue weighted by Crippen LogP contribution is 2.08. The Morgan fingerprint density at radius 2 is 1.45 bits per heavy atom. The van der Waals surface area contributed by atoms with E-state index in [2.05, 4.69) is 31.2 Å². The van der Waals surface area contributed by atoms with Crippen LogP contribution in [0.5, 0.6) is 0 Å². The highest BCUT2D eigenvalue weighted by molar-refractivity contribution is 5.72. The topological polar surface area (TPSA) is 46.5 Å². The molecule has 0 aromatic rings. The van der Waals surface area contributed by atoms with E-state index in [1.165, 1.54) is 52.1 Å². The van der Waals surface area contributed by atoms with Crippen LogP contribution >= 0.6 is 0 Å². The van der Waals surface area contributed by atoms with Crippen LogP contribution in [-0.4, -0.2) is 24.3 Å². The molecule has 1 atom stereocenters. The summed E-state index contributed by atoms with van der Waals surface area (Å²) in [6.07, 6.45) is 20.8. The minimum Gasteiger partial charge on any atom is -0.479 e. The lowest BCUT2D eigenvalue weighted by Gasteiger charge is -2.07. The van der Waals surface area contributed by atoms with Gasteiger partial charge in [0.05, 0.1) is 0 Å². The lowest BCUT2D eigenvalue weighted by atomic mass is 10.1. The van der Waals surface area contributed by atoms with Crippen LogP contribution in [0.1, 0.15) is 77.6 Å². The van der Waals surface area contributed by atoms with E-state index in [0.717, 1.165) is 19.3 Å². The van der Waals surface area contributed by atoms with E-state index in [4.69, 9.17) is 9.84 Å². The number of hydrogen-bond donors (Lipinski definition) is 1. The van der Waals surface area contributed by atoms with Crippen molar-refractivity contribution in [2.45, 2.75) is 83.7 Å². The number of aliphatic carboxylic acids is 1. The number of rotatable bonds is 15. The molecule has 0 heterocycles. The van der Waals surface area contributed by atoms with Crippen molar-refractivity contribution in [3.8, 4) is 0 Å². The summed E-state index contributed by atoms with van der Waals surface area (Å²) in [5.41, 5.74) is 0. The van der Waals surface area contributed by atoms with Crippen LogP contribution < -0.4 is 0 Å². The van der Waals surface area contributed by atoms with Gasteiger partial charge in [-0.2, -0.15) is 0 Å². The predicted octanol–water partition coefficient (Wildman–Crippen LogP) is 5.51. The van der Waals surface area contributed by atoms with Gasteiger partial charge in [-0.25, -0.2) is 4.79 Å². The quantitative estimate of drug-likeness (QED) is 0.320. The number of carbonyl (C=O) groups is 1. The summed E-state index contributed by atoms with van der Waals surface area (Å²) in [5.74, 6) is -0.881. The number of hydrogen-bond acceptors (Lipinski definition) is 2. The zero-order chi connectivity index (χ0) is 16.5. The summed E-state index contributed by atoms with van der Waals surface area (Å²) in [5, 5.41) is 8.82. The molecule has 0 bridgehead atoms. The Labute approximate surface area is 136 Å². The van der Waals surface area contributed by atoms with Gasteiger partial charge in [-0.3, -0.25) is 0 Å². The molecule has 128 valence electrons. The average Bonchev–Trinajstić information content (AvgIpc) is 2.51. The number of carboxylic acids is 1. The van der Waals surface area contributed by atoms with E-state index in [1.54, 1.807) is 0 Å². The standard InChI is InChI=1S/C19H34O3/c1-3-4-5-6-7-8-9-10-11-12-13-14-15-16-17-18(22-2)19(20)21/h10-11,14-15,18H,3-9,12-13,16-17H2,1-2H3,(H,20,21). The minimum atomic E-state index is -0.881. The van der Waals surface area contributed by atoms with Gasteiger partial charge in [0.15, 0.2) is 6.10 Å². The lowest BCUT2D eigenvalue weighted by molar-refractivity contribution is -0.148. The predicted molar refractivity (Wildman–Crippen MR) is 93.2 cm³/mol. The smallest absolute Gasteiger partial charge is 0.332 e. The highest BCUT2D eigenvalue weighted by Gasteiger charge is 2.14. The van der Waals surface area contributed by atoms with Gasteiger partial charge in [-0.05, 0) is 38.5 Å². The number of unbranched alkanes of at least 4 members (excludes halogenated alkanes) is 7. The number of ether oxygens (including phenoxy) is 1. The molecule has 1 N–H and O–H groups in total. The van der Waals surface area contributed by atoms with Crippen LogP contribution in [0.2, 0.25) is 0 Å². The Morgan fingerprint density at radius 1 is 0.909 bits per heavy atom. The van der Waals surface area contributed by atoms with E-state index >= 15 is 0 Å². The molecule has 0 amide bonds. The fraction of sp³-hybridized carbons (Fsp3) is 0.737.